The Labute approximate surface area is 47.8 Å². The SMILES string of the molecule is COCC1OC=CO1. The standard InChI is InChI=1S/C5H8O3/c1-6-4-5-7-2-3-8-5/h2-3,5H,4H2,1H3. The Morgan fingerprint density at radius 2 is 2.12 bits per heavy atom. The zero-order valence-electron chi connectivity index (χ0n) is 4.66. The molecule has 0 N–H and O–H groups in total. The summed E-state index contributed by atoms with van der Waals surface area (Å²) in [5.41, 5.74) is 0. The van der Waals surface area contributed by atoms with Crippen molar-refractivity contribution < 1.29 is 14.2 Å². The summed E-state index contributed by atoms with van der Waals surface area (Å²) in [6, 6.07) is 0. The van der Waals surface area contributed by atoms with Gasteiger partial charge in [0.15, 0.2) is 0 Å². The molecular weight excluding hydrogens is 108 g/mol. The first-order valence-electron chi connectivity index (χ1n) is 2.38. The van der Waals surface area contributed by atoms with Crippen LogP contribution in [0, 0.1) is 0 Å². The summed E-state index contributed by atoms with van der Waals surface area (Å²) in [4.78, 5) is 0. The fourth-order valence-electron chi connectivity index (χ4n) is 0.486. The number of rotatable bonds is 2. The van der Waals surface area contributed by atoms with Gasteiger partial charge in [0.2, 0.25) is 0 Å². The molecule has 0 amide bonds. The van der Waals surface area contributed by atoms with Crippen molar-refractivity contribution >= 4 is 0 Å². The van der Waals surface area contributed by atoms with E-state index in [0.29, 0.717) is 6.61 Å². The summed E-state index contributed by atoms with van der Waals surface area (Å²) in [5, 5.41) is 0. The number of ether oxygens (including phenoxy) is 3. The second-order valence-corrected chi connectivity index (χ2v) is 1.43. The Bertz CT molecular complexity index is 81.7. The van der Waals surface area contributed by atoms with Gasteiger partial charge in [-0.05, 0) is 0 Å². The van der Waals surface area contributed by atoms with Gasteiger partial charge >= 0.3 is 0 Å². The second-order valence-electron chi connectivity index (χ2n) is 1.43. The first kappa shape index (κ1) is 5.44. The van der Waals surface area contributed by atoms with Gasteiger partial charge in [0.25, 0.3) is 6.29 Å². The van der Waals surface area contributed by atoms with E-state index in [0.717, 1.165) is 0 Å². The number of hydrogen-bond acceptors (Lipinski definition) is 3. The van der Waals surface area contributed by atoms with E-state index in [9.17, 15) is 0 Å². The molecule has 8 heavy (non-hydrogen) atoms. The van der Waals surface area contributed by atoms with E-state index in [-0.39, 0.29) is 6.29 Å². The highest BCUT2D eigenvalue weighted by Crippen LogP contribution is 2.03. The molecule has 1 heterocycles. The van der Waals surface area contributed by atoms with E-state index in [4.69, 9.17) is 14.2 Å². The maximum atomic E-state index is 4.87. The first-order valence-corrected chi connectivity index (χ1v) is 2.38. The molecular formula is C5H8O3. The van der Waals surface area contributed by atoms with E-state index in [1.165, 1.54) is 12.5 Å². The number of methoxy groups -OCH3 is 1. The van der Waals surface area contributed by atoms with Crippen molar-refractivity contribution in [1.82, 2.24) is 0 Å². The van der Waals surface area contributed by atoms with Crippen LogP contribution in [0.5, 0.6) is 0 Å². The van der Waals surface area contributed by atoms with Crippen LogP contribution >= 0.6 is 0 Å². The van der Waals surface area contributed by atoms with Crippen LogP contribution in [-0.2, 0) is 14.2 Å². The highest BCUT2D eigenvalue weighted by molar-refractivity contribution is 4.70. The molecule has 0 aromatic rings. The smallest absolute Gasteiger partial charge is 0.262 e. The highest BCUT2D eigenvalue weighted by atomic mass is 16.7. The molecule has 0 unspecified atom stereocenters. The minimum absolute atomic E-state index is 0.222. The average molecular weight is 116 g/mol. The molecule has 0 aromatic carbocycles. The molecule has 46 valence electrons. The van der Waals surface area contributed by atoms with Crippen LogP contribution in [0.2, 0.25) is 0 Å². The van der Waals surface area contributed by atoms with Crippen molar-refractivity contribution in [3.05, 3.63) is 12.5 Å². The lowest BCUT2D eigenvalue weighted by atomic mass is 10.7. The van der Waals surface area contributed by atoms with Crippen molar-refractivity contribution in [2.45, 2.75) is 6.29 Å². The summed E-state index contributed by atoms with van der Waals surface area (Å²) >= 11 is 0. The molecule has 0 saturated heterocycles. The first-order chi connectivity index (χ1) is 3.93. The third-order valence-electron chi connectivity index (χ3n) is 0.819. The van der Waals surface area contributed by atoms with Crippen molar-refractivity contribution in [1.29, 1.82) is 0 Å². The van der Waals surface area contributed by atoms with E-state index in [1.807, 2.05) is 0 Å². The topological polar surface area (TPSA) is 27.7 Å². The lowest BCUT2D eigenvalue weighted by Crippen LogP contribution is -2.13. The Kier molecular flexibility index (Phi) is 1.75. The van der Waals surface area contributed by atoms with Gasteiger partial charge in [0, 0.05) is 7.11 Å². The van der Waals surface area contributed by atoms with Crippen LogP contribution in [0.4, 0.5) is 0 Å². The van der Waals surface area contributed by atoms with Crippen molar-refractivity contribution in [3.8, 4) is 0 Å². The third-order valence-corrected chi connectivity index (χ3v) is 0.819. The fraction of sp³-hybridized carbons (Fsp3) is 0.600. The molecule has 0 atom stereocenters. The summed E-state index contributed by atoms with van der Waals surface area (Å²) in [5.74, 6) is 0. The second kappa shape index (κ2) is 2.57. The Hall–Kier alpha value is -0.700. The quantitative estimate of drug-likeness (QED) is 0.525. The maximum Gasteiger partial charge on any atom is 0.262 e. The largest absolute Gasteiger partial charge is 0.457 e. The predicted octanol–water partition coefficient (Wildman–Crippen LogP) is 0.477. The normalized spacial score (nSPS) is 18.1. The van der Waals surface area contributed by atoms with Crippen LogP contribution in [-0.4, -0.2) is 20.0 Å². The summed E-state index contributed by atoms with van der Waals surface area (Å²) < 4.78 is 14.5. The minimum atomic E-state index is -0.222. The van der Waals surface area contributed by atoms with Gasteiger partial charge in [-0.1, -0.05) is 0 Å². The summed E-state index contributed by atoms with van der Waals surface area (Å²) in [7, 11) is 1.60. The Morgan fingerprint density at radius 1 is 1.50 bits per heavy atom. The summed E-state index contributed by atoms with van der Waals surface area (Å²) in [6.45, 7) is 0.479. The number of hydrogen-bond donors (Lipinski definition) is 0. The predicted molar refractivity (Wildman–Crippen MR) is 27.0 cm³/mol. The van der Waals surface area contributed by atoms with E-state index in [2.05, 4.69) is 0 Å². The Morgan fingerprint density at radius 3 is 2.62 bits per heavy atom. The average Bonchev–Trinajstić information content (AvgIpc) is 2.19. The third kappa shape index (κ3) is 1.13. The van der Waals surface area contributed by atoms with Crippen LogP contribution in [0.25, 0.3) is 0 Å². The van der Waals surface area contributed by atoms with Crippen molar-refractivity contribution in [2.75, 3.05) is 13.7 Å². The van der Waals surface area contributed by atoms with Gasteiger partial charge in [-0.2, -0.15) is 0 Å². The lowest BCUT2D eigenvalue weighted by molar-refractivity contribution is -0.0699. The zero-order valence-corrected chi connectivity index (χ0v) is 4.66. The fourth-order valence-corrected chi connectivity index (χ4v) is 0.486. The molecule has 0 aromatic heterocycles. The van der Waals surface area contributed by atoms with Gasteiger partial charge < -0.3 is 14.2 Å². The van der Waals surface area contributed by atoms with Gasteiger partial charge in [0.1, 0.15) is 19.1 Å². The molecule has 1 aliphatic heterocycles. The van der Waals surface area contributed by atoms with Gasteiger partial charge in [0.05, 0.1) is 0 Å². The van der Waals surface area contributed by atoms with E-state index in [1.54, 1.807) is 7.11 Å². The van der Waals surface area contributed by atoms with E-state index < -0.39 is 0 Å². The van der Waals surface area contributed by atoms with Gasteiger partial charge in [-0.3, -0.25) is 0 Å². The van der Waals surface area contributed by atoms with Gasteiger partial charge in [-0.25, -0.2) is 0 Å². The molecule has 0 fully saturated rings. The van der Waals surface area contributed by atoms with E-state index >= 15 is 0 Å². The molecule has 0 aliphatic carbocycles. The van der Waals surface area contributed by atoms with Crippen molar-refractivity contribution in [3.63, 3.8) is 0 Å². The minimum Gasteiger partial charge on any atom is -0.457 e. The Balaban J connectivity index is 2.10. The molecule has 0 bridgehead atoms. The van der Waals surface area contributed by atoms with Crippen LogP contribution in [0.15, 0.2) is 12.5 Å². The van der Waals surface area contributed by atoms with Crippen LogP contribution in [0.3, 0.4) is 0 Å². The molecule has 0 saturated carbocycles. The highest BCUT2D eigenvalue weighted by Gasteiger charge is 2.09. The van der Waals surface area contributed by atoms with Crippen LogP contribution < -0.4 is 0 Å². The van der Waals surface area contributed by atoms with Gasteiger partial charge in [-0.15, -0.1) is 0 Å². The zero-order chi connectivity index (χ0) is 5.82. The lowest BCUT2D eigenvalue weighted by Gasteiger charge is -2.06. The molecule has 0 spiro atoms. The molecule has 1 rings (SSSR count). The molecule has 1 aliphatic rings. The monoisotopic (exact) mass is 116 g/mol. The molecule has 0 radical (unpaired) electrons. The maximum absolute atomic E-state index is 4.87. The van der Waals surface area contributed by atoms with Crippen LogP contribution in [0.1, 0.15) is 0 Å². The molecule has 3 nitrogen and oxygen atoms in total. The molecule has 3 heteroatoms. The van der Waals surface area contributed by atoms with Crippen molar-refractivity contribution in [2.24, 2.45) is 0 Å². The summed E-state index contributed by atoms with van der Waals surface area (Å²) in [6.07, 6.45) is 2.79.